The molecule has 1 saturated carbocycles. The third-order valence-electron chi connectivity index (χ3n) is 5.20. The molecule has 0 unspecified atom stereocenters. The van der Waals surface area contributed by atoms with Gasteiger partial charge in [0.1, 0.15) is 0 Å². The Kier molecular flexibility index (Phi) is 7.14. The maximum atomic E-state index is 10.8. The Balaban J connectivity index is 2.20. The van der Waals surface area contributed by atoms with Crippen LogP contribution in [0.3, 0.4) is 0 Å². The van der Waals surface area contributed by atoms with Crippen LogP contribution < -0.4 is 0 Å². The molecular formula is C17H32O4. The third kappa shape index (κ3) is 5.95. The zero-order chi connectivity index (χ0) is 16.2. The van der Waals surface area contributed by atoms with Crippen LogP contribution in [0.4, 0.5) is 0 Å². The quantitative estimate of drug-likeness (QED) is 0.579. The van der Waals surface area contributed by atoms with Gasteiger partial charge in [0.05, 0.1) is 18.1 Å². The lowest BCUT2D eigenvalue weighted by molar-refractivity contribution is -0.145. The van der Waals surface area contributed by atoms with Crippen LogP contribution in [-0.4, -0.2) is 33.5 Å². The van der Waals surface area contributed by atoms with Crippen molar-refractivity contribution in [1.82, 2.24) is 0 Å². The molecule has 0 amide bonds. The van der Waals surface area contributed by atoms with E-state index in [1.165, 1.54) is 6.42 Å². The van der Waals surface area contributed by atoms with Gasteiger partial charge in [-0.2, -0.15) is 0 Å². The van der Waals surface area contributed by atoms with Gasteiger partial charge in [0, 0.05) is 0 Å². The van der Waals surface area contributed by atoms with Gasteiger partial charge in [-0.25, -0.2) is 0 Å². The number of carbonyl (C=O) groups is 1. The van der Waals surface area contributed by atoms with Gasteiger partial charge in [0.25, 0.3) is 0 Å². The van der Waals surface area contributed by atoms with Crippen molar-refractivity contribution in [3.05, 3.63) is 0 Å². The second kappa shape index (κ2) is 8.14. The second-order valence-corrected chi connectivity index (χ2v) is 7.30. The minimum Gasteiger partial charge on any atom is -0.481 e. The molecule has 1 rings (SSSR count). The average molecular weight is 300 g/mol. The van der Waals surface area contributed by atoms with E-state index in [4.69, 9.17) is 5.11 Å². The Morgan fingerprint density at radius 3 is 2.19 bits per heavy atom. The number of carboxylic acid groups (broad SMARTS) is 1. The molecule has 0 heterocycles. The van der Waals surface area contributed by atoms with Crippen LogP contribution in [0.25, 0.3) is 0 Å². The van der Waals surface area contributed by atoms with Crippen LogP contribution in [0.15, 0.2) is 0 Å². The van der Waals surface area contributed by atoms with Gasteiger partial charge in [-0.15, -0.1) is 0 Å². The highest BCUT2D eigenvalue weighted by molar-refractivity contribution is 5.70. The van der Waals surface area contributed by atoms with Crippen LogP contribution in [0.1, 0.15) is 59.8 Å². The van der Waals surface area contributed by atoms with E-state index in [1.807, 2.05) is 13.8 Å². The van der Waals surface area contributed by atoms with E-state index >= 15 is 0 Å². The van der Waals surface area contributed by atoms with Crippen molar-refractivity contribution < 1.29 is 20.1 Å². The summed E-state index contributed by atoms with van der Waals surface area (Å²) < 4.78 is 0. The first-order valence-corrected chi connectivity index (χ1v) is 8.33. The van der Waals surface area contributed by atoms with E-state index in [1.54, 1.807) is 6.92 Å². The molecule has 0 aromatic carbocycles. The summed E-state index contributed by atoms with van der Waals surface area (Å²) in [5.41, 5.74) is 0. The Morgan fingerprint density at radius 1 is 1.05 bits per heavy atom. The summed E-state index contributed by atoms with van der Waals surface area (Å²) in [4.78, 5) is 10.8. The summed E-state index contributed by atoms with van der Waals surface area (Å²) in [6.07, 6.45) is 3.66. The van der Waals surface area contributed by atoms with Crippen LogP contribution in [0.2, 0.25) is 0 Å². The molecule has 124 valence electrons. The monoisotopic (exact) mass is 300 g/mol. The largest absolute Gasteiger partial charge is 0.481 e. The SMILES string of the molecule is CC(C)[C@H](O)CC[C@H](C)[C@H]1C[C@@H]1CC[C@@H](O)[C@@H](C)C(=O)O. The molecule has 0 saturated heterocycles. The van der Waals surface area contributed by atoms with Crippen molar-refractivity contribution in [3.8, 4) is 0 Å². The fourth-order valence-corrected chi connectivity index (χ4v) is 3.08. The molecule has 4 heteroatoms. The van der Waals surface area contributed by atoms with Crippen LogP contribution in [-0.2, 0) is 4.79 Å². The van der Waals surface area contributed by atoms with Crippen molar-refractivity contribution in [3.63, 3.8) is 0 Å². The number of aliphatic carboxylic acids is 1. The topological polar surface area (TPSA) is 77.8 Å². The third-order valence-corrected chi connectivity index (χ3v) is 5.20. The van der Waals surface area contributed by atoms with E-state index in [2.05, 4.69) is 6.92 Å². The summed E-state index contributed by atoms with van der Waals surface area (Å²) >= 11 is 0. The van der Waals surface area contributed by atoms with E-state index in [0.717, 1.165) is 19.3 Å². The highest BCUT2D eigenvalue weighted by Gasteiger charge is 2.40. The molecule has 0 aliphatic heterocycles. The van der Waals surface area contributed by atoms with Gasteiger partial charge in [-0.3, -0.25) is 4.79 Å². The minimum atomic E-state index is -0.925. The average Bonchev–Trinajstić information content (AvgIpc) is 3.20. The maximum Gasteiger partial charge on any atom is 0.308 e. The number of hydrogen-bond acceptors (Lipinski definition) is 3. The smallest absolute Gasteiger partial charge is 0.308 e. The molecule has 21 heavy (non-hydrogen) atoms. The molecule has 3 N–H and O–H groups in total. The van der Waals surface area contributed by atoms with Gasteiger partial charge < -0.3 is 15.3 Å². The predicted octanol–water partition coefficient (Wildman–Crippen LogP) is 2.92. The highest BCUT2D eigenvalue weighted by Crippen LogP contribution is 2.48. The zero-order valence-corrected chi connectivity index (χ0v) is 13.8. The lowest BCUT2D eigenvalue weighted by Gasteiger charge is -2.18. The molecule has 4 nitrogen and oxygen atoms in total. The Labute approximate surface area is 128 Å². The highest BCUT2D eigenvalue weighted by atomic mass is 16.4. The Hall–Kier alpha value is -0.610. The maximum absolute atomic E-state index is 10.8. The molecule has 1 fully saturated rings. The summed E-state index contributed by atoms with van der Waals surface area (Å²) in [6, 6.07) is 0. The lowest BCUT2D eigenvalue weighted by atomic mass is 9.92. The summed E-state index contributed by atoms with van der Waals surface area (Å²) in [5, 5.41) is 28.5. The summed E-state index contributed by atoms with van der Waals surface area (Å²) in [6.45, 7) is 7.89. The molecular weight excluding hydrogens is 268 g/mol. The molecule has 6 atom stereocenters. The van der Waals surface area contributed by atoms with Crippen molar-refractivity contribution in [2.24, 2.45) is 29.6 Å². The first-order valence-electron chi connectivity index (χ1n) is 8.33. The Morgan fingerprint density at radius 2 is 1.67 bits per heavy atom. The fourth-order valence-electron chi connectivity index (χ4n) is 3.08. The zero-order valence-electron chi connectivity index (χ0n) is 13.8. The number of aliphatic hydroxyl groups is 2. The first kappa shape index (κ1) is 18.4. The fraction of sp³-hybridized carbons (Fsp3) is 0.941. The molecule has 0 aromatic heterocycles. The molecule has 0 radical (unpaired) electrons. The number of carboxylic acids is 1. The van der Waals surface area contributed by atoms with Crippen molar-refractivity contribution >= 4 is 5.97 Å². The van der Waals surface area contributed by atoms with Crippen molar-refractivity contribution in [2.75, 3.05) is 0 Å². The molecule has 0 bridgehead atoms. The van der Waals surface area contributed by atoms with Gasteiger partial charge in [0.2, 0.25) is 0 Å². The van der Waals surface area contributed by atoms with Gasteiger partial charge in [-0.1, -0.05) is 20.8 Å². The molecule has 0 spiro atoms. The van der Waals surface area contributed by atoms with Gasteiger partial charge in [0.15, 0.2) is 0 Å². The lowest BCUT2D eigenvalue weighted by Crippen LogP contribution is -2.25. The van der Waals surface area contributed by atoms with Crippen LogP contribution in [0, 0.1) is 29.6 Å². The van der Waals surface area contributed by atoms with Gasteiger partial charge in [-0.05, 0) is 62.7 Å². The first-order chi connectivity index (χ1) is 9.73. The Bertz CT molecular complexity index is 329. The van der Waals surface area contributed by atoms with Crippen LogP contribution in [0.5, 0.6) is 0 Å². The van der Waals surface area contributed by atoms with Gasteiger partial charge >= 0.3 is 5.97 Å². The van der Waals surface area contributed by atoms with E-state index in [9.17, 15) is 15.0 Å². The van der Waals surface area contributed by atoms with E-state index in [0.29, 0.717) is 30.1 Å². The van der Waals surface area contributed by atoms with Crippen LogP contribution >= 0.6 is 0 Å². The number of hydrogen-bond donors (Lipinski definition) is 3. The number of rotatable bonds is 10. The van der Waals surface area contributed by atoms with Crippen molar-refractivity contribution in [1.29, 1.82) is 0 Å². The summed E-state index contributed by atoms with van der Waals surface area (Å²) in [5.74, 6) is 0.646. The summed E-state index contributed by atoms with van der Waals surface area (Å²) in [7, 11) is 0. The van der Waals surface area contributed by atoms with E-state index in [-0.39, 0.29) is 6.10 Å². The second-order valence-electron chi connectivity index (χ2n) is 7.30. The standard InChI is InChI=1S/C17H32O4/c1-10(2)15(18)7-5-11(3)14-9-13(14)6-8-16(19)12(4)17(20)21/h10-16,18-19H,5-9H2,1-4H3,(H,20,21)/t11-,12+,13-,14+,15+,16+/m0/s1. The molecule has 1 aliphatic carbocycles. The molecule has 1 aliphatic rings. The predicted molar refractivity (Wildman–Crippen MR) is 82.9 cm³/mol. The normalized spacial score (nSPS) is 27.2. The molecule has 0 aromatic rings. The van der Waals surface area contributed by atoms with E-state index < -0.39 is 18.0 Å². The minimum absolute atomic E-state index is 0.206. The number of aliphatic hydroxyl groups excluding tert-OH is 2. The van der Waals surface area contributed by atoms with Crippen molar-refractivity contribution in [2.45, 2.75) is 72.0 Å².